The normalized spacial score (nSPS) is 23.0. The molecule has 24 heavy (non-hydrogen) atoms. The molecule has 1 aromatic rings. The van der Waals surface area contributed by atoms with Gasteiger partial charge >= 0.3 is 6.98 Å². The van der Waals surface area contributed by atoms with Gasteiger partial charge in [-0.15, -0.1) is 0 Å². The summed E-state index contributed by atoms with van der Waals surface area (Å²) in [7, 11) is 2.20. The van der Waals surface area contributed by atoms with Gasteiger partial charge in [-0.25, -0.2) is 4.68 Å². The zero-order chi connectivity index (χ0) is 18.1. The largest absolute Gasteiger partial charge is 0.353 e. The van der Waals surface area contributed by atoms with E-state index in [4.69, 9.17) is 0 Å². The van der Waals surface area contributed by atoms with Crippen molar-refractivity contribution in [3.63, 3.8) is 0 Å². The zero-order valence-corrected chi connectivity index (χ0v) is 16.7. The highest BCUT2D eigenvalue weighted by molar-refractivity contribution is 6.73. The van der Waals surface area contributed by atoms with Gasteiger partial charge in [0.15, 0.2) is 0 Å². The van der Waals surface area contributed by atoms with Crippen molar-refractivity contribution in [1.82, 2.24) is 29.7 Å². The third kappa shape index (κ3) is 2.96. The van der Waals surface area contributed by atoms with Crippen molar-refractivity contribution in [2.45, 2.75) is 79.2 Å². The Balaban J connectivity index is 0.000000647. The Labute approximate surface area is 148 Å². The number of unbranched alkanes of at least 4 members (excludes halogenated alkanes) is 1. The fourth-order valence-corrected chi connectivity index (χ4v) is 3.97. The minimum atomic E-state index is -0.132. The molecule has 3 heterocycles. The summed E-state index contributed by atoms with van der Waals surface area (Å²) in [6, 6.07) is 0. The number of rotatable bonds is 3. The second kappa shape index (κ2) is 7.44. The molecule has 9 heteroatoms. The number of aromatic nitrogens is 4. The number of fused-ring (bicyclic) bond motifs is 3. The van der Waals surface area contributed by atoms with Crippen LogP contribution in [0.4, 0.5) is 5.95 Å². The Kier molecular flexibility index (Phi) is 5.96. The minimum absolute atomic E-state index is 0.132. The Morgan fingerprint density at radius 3 is 2.33 bits per heavy atom. The monoisotopic (exact) mass is 333 g/mol. The van der Waals surface area contributed by atoms with Crippen molar-refractivity contribution in [1.29, 1.82) is 0 Å². The first-order chi connectivity index (χ1) is 11.3. The van der Waals surface area contributed by atoms with Gasteiger partial charge in [-0.3, -0.25) is 0 Å². The molecule has 2 aliphatic heterocycles. The van der Waals surface area contributed by atoms with Gasteiger partial charge in [0.1, 0.15) is 0 Å². The molecule has 1 saturated heterocycles. The van der Waals surface area contributed by atoms with Crippen molar-refractivity contribution in [2.75, 3.05) is 18.4 Å². The van der Waals surface area contributed by atoms with Gasteiger partial charge in [0.25, 0.3) is 6.98 Å². The molecule has 0 aromatic carbocycles. The standard InChI is InChI=1S/C12H25B2N7.C3H8/c1-7-8-9-19-13(4)18(6)10-12(2,3)21-11(15-16-17-21)20(10)14(19)5;1-3-2/h10H,7-9H2,1-6H3;3H2,1-2H3. The van der Waals surface area contributed by atoms with Crippen LogP contribution >= 0.6 is 0 Å². The van der Waals surface area contributed by atoms with Gasteiger partial charge in [0, 0.05) is 0 Å². The Hall–Kier alpha value is -1.08. The van der Waals surface area contributed by atoms with E-state index in [0.717, 1.165) is 12.5 Å². The van der Waals surface area contributed by atoms with Gasteiger partial charge < -0.3 is 14.3 Å². The number of tetrazole rings is 1. The van der Waals surface area contributed by atoms with E-state index in [1.807, 2.05) is 4.68 Å². The van der Waals surface area contributed by atoms with Crippen molar-refractivity contribution < 1.29 is 0 Å². The molecule has 0 radical (unpaired) electrons. The van der Waals surface area contributed by atoms with E-state index in [1.54, 1.807) is 0 Å². The summed E-state index contributed by atoms with van der Waals surface area (Å²) in [6.07, 6.45) is 3.94. The van der Waals surface area contributed by atoms with Crippen LogP contribution in [0.2, 0.25) is 13.6 Å². The summed E-state index contributed by atoms with van der Waals surface area (Å²) >= 11 is 0. The molecule has 0 saturated carbocycles. The van der Waals surface area contributed by atoms with Crippen LogP contribution in [0.1, 0.15) is 53.9 Å². The molecule has 0 spiro atoms. The minimum Gasteiger partial charge on any atom is -0.353 e. The first kappa shape index (κ1) is 19.2. The van der Waals surface area contributed by atoms with Crippen LogP contribution in [-0.2, 0) is 5.54 Å². The first-order valence-corrected chi connectivity index (χ1v) is 9.37. The molecule has 2 aliphatic rings. The fourth-order valence-electron chi connectivity index (χ4n) is 3.97. The maximum Gasteiger partial charge on any atom is 0.333 e. The third-order valence-corrected chi connectivity index (χ3v) is 5.23. The highest BCUT2D eigenvalue weighted by Crippen LogP contribution is 2.41. The van der Waals surface area contributed by atoms with E-state index in [0.29, 0.717) is 14.0 Å². The average Bonchev–Trinajstić information content (AvgIpc) is 3.08. The number of likely N-dealkylation sites (N-methyl/N-ethyl adjacent to an activating group) is 1. The lowest BCUT2D eigenvalue weighted by atomic mass is 9.56. The predicted octanol–water partition coefficient (Wildman–Crippen LogP) is 2.25. The van der Waals surface area contributed by atoms with Crippen LogP contribution < -0.4 is 4.81 Å². The quantitative estimate of drug-likeness (QED) is 0.791. The maximum atomic E-state index is 4.28. The van der Waals surface area contributed by atoms with Crippen molar-refractivity contribution >= 4 is 19.9 Å². The Morgan fingerprint density at radius 2 is 1.75 bits per heavy atom. The Bertz CT molecular complexity index is 536. The van der Waals surface area contributed by atoms with Gasteiger partial charge in [0.05, 0.1) is 11.7 Å². The molecule has 0 N–H and O–H groups in total. The molecule has 0 bridgehead atoms. The highest BCUT2D eigenvalue weighted by atomic mass is 15.7. The van der Waals surface area contributed by atoms with Crippen molar-refractivity contribution in [3.05, 3.63) is 0 Å². The molecule has 134 valence electrons. The zero-order valence-electron chi connectivity index (χ0n) is 16.7. The van der Waals surface area contributed by atoms with E-state index in [-0.39, 0.29) is 11.7 Å². The summed E-state index contributed by atoms with van der Waals surface area (Å²) in [5.74, 6) is 0.887. The van der Waals surface area contributed by atoms with Gasteiger partial charge in [-0.05, 0) is 44.3 Å². The molecule has 3 rings (SSSR count). The second-order valence-corrected chi connectivity index (χ2v) is 7.55. The van der Waals surface area contributed by atoms with E-state index < -0.39 is 0 Å². The summed E-state index contributed by atoms with van der Waals surface area (Å²) in [6.45, 7) is 17.3. The van der Waals surface area contributed by atoms with Gasteiger partial charge in [0.2, 0.25) is 5.95 Å². The Morgan fingerprint density at radius 1 is 1.12 bits per heavy atom. The molecular weight excluding hydrogens is 300 g/mol. The summed E-state index contributed by atoms with van der Waals surface area (Å²) in [5.41, 5.74) is -0.132. The number of anilines is 1. The van der Waals surface area contributed by atoms with E-state index in [2.05, 4.69) is 85.2 Å². The molecule has 0 amide bonds. The lowest BCUT2D eigenvalue weighted by molar-refractivity contribution is 0.187. The highest BCUT2D eigenvalue weighted by Gasteiger charge is 2.57. The number of nitrogens with zero attached hydrogens (tertiary/aromatic N) is 7. The van der Waals surface area contributed by atoms with E-state index >= 15 is 0 Å². The molecule has 1 atom stereocenters. The fraction of sp³-hybridized carbons (Fsp3) is 0.933. The van der Waals surface area contributed by atoms with Crippen LogP contribution in [0.25, 0.3) is 0 Å². The molecular formula is C15H33B2N7. The van der Waals surface area contributed by atoms with Crippen molar-refractivity contribution in [2.24, 2.45) is 0 Å². The van der Waals surface area contributed by atoms with E-state index in [9.17, 15) is 0 Å². The van der Waals surface area contributed by atoms with Crippen LogP contribution in [0.15, 0.2) is 0 Å². The van der Waals surface area contributed by atoms with Gasteiger partial charge in [-0.1, -0.05) is 52.4 Å². The molecule has 0 aliphatic carbocycles. The second-order valence-electron chi connectivity index (χ2n) is 7.55. The van der Waals surface area contributed by atoms with Crippen LogP contribution in [0.3, 0.4) is 0 Å². The SMILES string of the molecule is CCC.CCCCN1B(C)N(C)C2N(B1C)c1nnnn1C2(C)C. The number of hydrogen-bond donors (Lipinski definition) is 0. The molecule has 1 aromatic heterocycles. The average molecular weight is 333 g/mol. The topological polar surface area (TPSA) is 53.3 Å². The molecule has 1 unspecified atom stereocenters. The summed E-state index contributed by atoms with van der Waals surface area (Å²) in [5, 5.41) is 12.4. The van der Waals surface area contributed by atoms with Crippen molar-refractivity contribution in [3.8, 4) is 0 Å². The predicted molar refractivity (Wildman–Crippen MR) is 102 cm³/mol. The summed E-state index contributed by atoms with van der Waals surface area (Å²) in [4.78, 5) is 4.81. The van der Waals surface area contributed by atoms with E-state index in [1.165, 1.54) is 19.3 Å². The lowest BCUT2D eigenvalue weighted by Gasteiger charge is -2.53. The van der Waals surface area contributed by atoms with Gasteiger partial charge in [-0.2, -0.15) is 0 Å². The molecule has 7 nitrogen and oxygen atoms in total. The van der Waals surface area contributed by atoms with Crippen LogP contribution in [0.5, 0.6) is 0 Å². The van der Waals surface area contributed by atoms with Crippen LogP contribution in [0, 0.1) is 0 Å². The van der Waals surface area contributed by atoms with Crippen LogP contribution in [-0.4, -0.2) is 63.5 Å². The third-order valence-electron chi connectivity index (χ3n) is 5.23. The number of hydrogen-bond acceptors (Lipinski definition) is 6. The first-order valence-electron chi connectivity index (χ1n) is 9.37. The smallest absolute Gasteiger partial charge is 0.333 e. The lowest BCUT2D eigenvalue weighted by Crippen LogP contribution is -2.75. The molecule has 1 fully saturated rings. The maximum absolute atomic E-state index is 4.28. The summed E-state index contributed by atoms with van der Waals surface area (Å²) < 4.78 is 4.52.